The number of ether oxygens (including phenoxy) is 1. The molecule has 2 bridgehead atoms. The Kier molecular flexibility index (Phi) is 5.51. The van der Waals surface area contributed by atoms with Crippen molar-refractivity contribution in [3.63, 3.8) is 0 Å². The van der Waals surface area contributed by atoms with Crippen molar-refractivity contribution in [1.29, 1.82) is 0 Å². The number of sulfonamides is 1. The molecule has 1 heterocycles. The van der Waals surface area contributed by atoms with Crippen molar-refractivity contribution >= 4 is 15.9 Å². The summed E-state index contributed by atoms with van der Waals surface area (Å²) in [6, 6.07) is 4.96. The average Bonchev–Trinajstić information content (AvgIpc) is 3.32. The number of rotatable bonds is 5. The third kappa shape index (κ3) is 3.72. The van der Waals surface area contributed by atoms with Crippen LogP contribution < -0.4 is 5.32 Å². The maximum absolute atomic E-state index is 13.0. The molecule has 1 saturated heterocycles. The molecule has 3 aliphatic rings. The van der Waals surface area contributed by atoms with Crippen LogP contribution in [0, 0.1) is 24.7 Å². The molecule has 2 aliphatic carbocycles. The molecule has 7 heteroatoms. The van der Waals surface area contributed by atoms with E-state index in [2.05, 4.69) is 12.2 Å². The van der Waals surface area contributed by atoms with Crippen molar-refractivity contribution in [2.45, 2.75) is 50.5 Å². The Morgan fingerprint density at radius 3 is 2.61 bits per heavy atom. The first-order chi connectivity index (χ1) is 13.4. The van der Waals surface area contributed by atoms with E-state index in [1.54, 1.807) is 12.1 Å². The van der Waals surface area contributed by atoms with Crippen LogP contribution in [0.5, 0.6) is 0 Å². The zero-order valence-corrected chi connectivity index (χ0v) is 17.5. The van der Waals surface area contributed by atoms with Gasteiger partial charge in [-0.05, 0) is 68.6 Å². The lowest BCUT2D eigenvalue weighted by Crippen LogP contribution is -2.41. The molecule has 6 nitrogen and oxygen atoms in total. The highest BCUT2D eigenvalue weighted by molar-refractivity contribution is 7.89. The number of nitrogens with one attached hydrogen (secondary N) is 1. The predicted molar refractivity (Wildman–Crippen MR) is 107 cm³/mol. The van der Waals surface area contributed by atoms with E-state index < -0.39 is 10.0 Å². The Morgan fingerprint density at radius 1 is 1.21 bits per heavy atom. The number of amides is 1. The highest BCUT2D eigenvalue weighted by Gasteiger charge is 2.42. The van der Waals surface area contributed by atoms with Crippen LogP contribution in [0.4, 0.5) is 0 Å². The van der Waals surface area contributed by atoms with E-state index in [0.717, 1.165) is 17.4 Å². The van der Waals surface area contributed by atoms with Crippen LogP contribution in [0.15, 0.2) is 23.1 Å². The zero-order chi connectivity index (χ0) is 19.9. The van der Waals surface area contributed by atoms with Gasteiger partial charge in [0.05, 0.1) is 18.1 Å². The molecular weight excluding hydrogens is 376 g/mol. The van der Waals surface area contributed by atoms with Gasteiger partial charge in [0.2, 0.25) is 10.0 Å². The Balaban J connectivity index is 1.51. The van der Waals surface area contributed by atoms with Crippen LogP contribution in [0.1, 0.15) is 48.5 Å². The molecular formula is C21H30N2O4S. The van der Waals surface area contributed by atoms with Crippen LogP contribution in [0.3, 0.4) is 0 Å². The smallest absolute Gasteiger partial charge is 0.251 e. The Bertz CT molecular complexity index is 848. The van der Waals surface area contributed by atoms with Crippen LogP contribution in [0.25, 0.3) is 0 Å². The van der Waals surface area contributed by atoms with Gasteiger partial charge in [-0.25, -0.2) is 8.42 Å². The number of carbonyl (C=O) groups excluding carboxylic acids is 1. The standard InChI is InChI=1S/C21H30N2O4S/c1-14-3-6-18(28(25,26)23-7-9-27-10-8-23)13-19(14)21(24)22-15(2)20-12-16-4-5-17(20)11-16/h3,6,13,15-17,20H,4-5,7-12H2,1-2H3,(H,22,24)/t15-,16+,17+,20+/m0/s1. The van der Waals surface area contributed by atoms with Gasteiger partial charge in [0.1, 0.15) is 0 Å². The molecule has 1 aromatic rings. The van der Waals surface area contributed by atoms with Crippen molar-refractivity contribution < 1.29 is 17.9 Å². The fourth-order valence-electron chi connectivity index (χ4n) is 5.24. The number of nitrogens with zero attached hydrogens (tertiary/aromatic N) is 1. The fourth-order valence-corrected chi connectivity index (χ4v) is 6.67. The zero-order valence-electron chi connectivity index (χ0n) is 16.7. The summed E-state index contributed by atoms with van der Waals surface area (Å²) in [5.41, 5.74) is 1.24. The minimum Gasteiger partial charge on any atom is -0.379 e. The van der Waals surface area contributed by atoms with Crippen molar-refractivity contribution in [3.8, 4) is 0 Å². The van der Waals surface area contributed by atoms with E-state index in [-0.39, 0.29) is 16.8 Å². The maximum atomic E-state index is 13.0. The second-order valence-electron chi connectivity index (χ2n) is 8.59. The molecule has 2 saturated carbocycles. The monoisotopic (exact) mass is 406 g/mol. The van der Waals surface area contributed by atoms with Gasteiger partial charge < -0.3 is 10.1 Å². The Morgan fingerprint density at radius 2 is 1.96 bits per heavy atom. The number of benzene rings is 1. The van der Waals surface area contributed by atoms with Gasteiger partial charge in [-0.1, -0.05) is 12.5 Å². The number of morpholine rings is 1. The summed E-state index contributed by atoms with van der Waals surface area (Å²) >= 11 is 0. The van der Waals surface area contributed by atoms with Crippen LogP contribution in [0.2, 0.25) is 0 Å². The minimum atomic E-state index is -3.61. The minimum absolute atomic E-state index is 0.113. The van der Waals surface area contributed by atoms with Gasteiger partial charge in [-0.15, -0.1) is 0 Å². The predicted octanol–water partition coefficient (Wildman–Crippen LogP) is 2.57. The summed E-state index contributed by atoms with van der Waals surface area (Å²) < 4.78 is 32.5. The SMILES string of the molecule is Cc1ccc(S(=O)(=O)N2CCOCC2)cc1C(=O)N[C@@H](C)[C@H]1C[C@@H]2CC[C@@H]1C2. The van der Waals surface area contributed by atoms with E-state index in [4.69, 9.17) is 4.74 Å². The van der Waals surface area contributed by atoms with Gasteiger partial charge >= 0.3 is 0 Å². The molecule has 1 amide bonds. The normalized spacial score (nSPS) is 29.0. The van der Waals surface area contributed by atoms with Crippen molar-refractivity contribution in [2.75, 3.05) is 26.3 Å². The summed E-state index contributed by atoms with van der Waals surface area (Å²) in [4.78, 5) is 13.1. The summed E-state index contributed by atoms with van der Waals surface area (Å²) in [6.07, 6.45) is 5.12. The molecule has 1 N–H and O–H groups in total. The fraction of sp³-hybridized carbons (Fsp3) is 0.667. The summed E-state index contributed by atoms with van der Waals surface area (Å²) in [7, 11) is -3.61. The van der Waals surface area contributed by atoms with Crippen LogP contribution in [-0.2, 0) is 14.8 Å². The molecule has 28 heavy (non-hydrogen) atoms. The summed E-state index contributed by atoms with van der Waals surface area (Å²) in [6.45, 7) is 5.44. The molecule has 0 spiro atoms. The maximum Gasteiger partial charge on any atom is 0.251 e. The van der Waals surface area contributed by atoms with Gasteiger partial charge in [-0.2, -0.15) is 4.31 Å². The van der Waals surface area contributed by atoms with E-state index >= 15 is 0 Å². The summed E-state index contributed by atoms with van der Waals surface area (Å²) in [5, 5.41) is 3.15. The van der Waals surface area contributed by atoms with Crippen LogP contribution in [-0.4, -0.2) is 51.0 Å². The highest BCUT2D eigenvalue weighted by Crippen LogP contribution is 2.49. The lowest BCUT2D eigenvalue weighted by molar-refractivity contribution is 0.0730. The molecule has 3 fully saturated rings. The first-order valence-corrected chi connectivity index (χ1v) is 11.8. The van der Waals surface area contributed by atoms with Crippen LogP contribution >= 0.6 is 0 Å². The van der Waals surface area contributed by atoms with Crippen molar-refractivity contribution in [2.24, 2.45) is 17.8 Å². The van der Waals surface area contributed by atoms with Gasteiger partial charge in [0, 0.05) is 24.7 Å². The third-order valence-corrected chi connectivity index (χ3v) is 8.75. The quantitative estimate of drug-likeness (QED) is 0.815. The second kappa shape index (κ2) is 7.76. The molecule has 1 aromatic carbocycles. The van der Waals surface area contributed by atoms with Gasteiger partial charge in [-0.3, -0.25) is 4.79 Å². The number of hydrogen-bond acceptors (Lipinski definition) is 4. The number of fused-ring (bicyclic) bond motifs is 2. The Labute approximate surface area is 167 Å². The molecule has 1 aliphatic heterocycles. The largest absolute Gasteiger partial charge is 0.379 e. The Hall–Kier alpha value is -1.44. The van der Waals surface area contributed by atoms with Crippen molar-refractivity contribution in [1.82, 2.24) is 9.62 Å². The molecule has 0 radical (unpaired) electrons. The molecule has 4 rings (SSSR count). The van der Waals surface area contributed by atoms with E-state index in [0.29, 0.717) is 37.8 Å². The second-order valence-corrected chi connectivity index (χ2v) is 10.5. The highest BCUT2D eigenvalue weighted by atomic mass is 32.2. The van der Waals surface area contributed by atoms with E-state index in [9.17, 15) is 13.2 Å². The van der Waals surface area contributed by atoms with E-state index in [1.165, 1.54) is 36.1 Å². The lowest BCUT2D eigenvalue weighted by Gasteiger charge is -2.29. The first-order valence-electron chi connectivity index (χ1n) is 10.4. The third-order valence-electron chi connectivity index (χ3n) is 6.86. The summed E-state index contributed by atoms with van der Waals surface area (Å²) in [5.74, 6) is 1.93. The molecule has 0 unspecified atom stereocenters. The lowest BCUT2D eigenvalue weighted by atomic mass is 9.84. The number of aryl methyl sites for hydroxylation is 1. The number of hydrogen-bond donors (Lipinski definition) is 1. The van der Waals surface area contributed by atoms with Gasteiger partial charge in [0.25, 0.3) is 5.91 Å². The average molecular weight is 407 g/mol. The molecule has 0 aromatic heterocycles. The molecule has 4 atom stereocenters. The molecule has 154 valence electrons. The topological polar surface area (TPSA) is 75.7 Å². The number of carbonyl (C=O) groups is 1. The van der Waals surface area contributed by atoms with Crippen molar-refractivity contribution in [3.05, 3.63) is 29.3 Å². The van der Waals surface area contributed by atoms with E-state index in [1.807, 2.05) is 6.92 Å². The first kappa shape index (κ1) is 19.9. The van der Waals surface area contributed by atoms with Gasteiger partial charge in [0.15, 0.2) is 0 Å².